The first-order chi connectivity index (χ1) is 10.2. The number of carboxylic acid groups (broad SMARTS) is 1. The van der Waals surface area contributed by atoms with E-state index < -0.39 is 5.97 Å². The van der Waals surface area contributed by atoms with E-state index in [2.05, 4.69) is 17.6 Å². The van der Waals surface area contributed by atoms with E-state index in [0.717, 1.165) is 31.4 Å². The van der Waals surface area contributed by atoms with Gasteiger partial charge in [-0.3, -0.25) is 4.79 Å². The second kappa shape index (κ2) is 11.3. The number of allylic oxidation sites excluding steroid dienone is 1. The monoisotopic (exact) mass is 308 g/mol. The molecule has 0 spiro atoms. The fourth-order valence-electron chi connectivity index (χ4n) is 1.94. The molecule has 0 aliphatic heterocycles. The van der Waals surface area contributed by atoms with Crippen molar-refractivity contribution < 1.29 is 14.6 Å². The van der Waals surface area contributed by atoms with Crippen LogP contribution in [0.2, 0.25) is 0 Å². The van der Waals surface area contributed by atoms with E-state index in [9.17, 15) is 4.79 Å². The number of ether oxygens (including phenoxy) is 1. The Morgan fingerprint density at radius 2 is 2.00 bits per heavy atom. The Balaban J connectivity index is 2.03. The van der Waals surface area contributed by atoms with Crippen LogP contribution in [0.5, 0.6) is 5.75 Å². The van der Waals surface area contributed by atoms with Crippen molar-refractivity contribution in [3.63, 3.8) is 0 Å². The van der Waals surface area contributed by atoms with Gasteiger partial charge in [0, 0.05) is 11.3 Å². The van der Waals surface area contributed by atoms with Crippen LogP contribution in [0.3, 0.4) is 0 Å². The minimum absolute atomic E-state index is 0.303. The summed E-state index contributed by atoms with van der Waals surface area (Å²) < 4.78 is 5.19. The summed E-state index contributed by atoms with van der Waals surface area (Å²) in [5.41, 5.74) is 0. The highest BCUT2D eigenvalue weighted by molar-refractivity contribution is 8.02. The first-order valence-electron chi connectivity index (χ1n) is 7.40. The molecule has 1 rings (SSSR count). The average Bonchev–Trinajstić information content (AvgIpc) is 2.49. The third-order valence-electron chi connectivity index (χ3n) is 3.10. The summed E-state index contributed by atoms with van der Waals surface area (Å²) in [5.74, 6) is 0.197. The van der Waals surface area contributed by atoms with Crippen molar-refractivity contribution in [3.8, 4) is 5.75 Å². The number of benzene rings is 1. The smallest absolute Gasteiger partial charge is 0.303 e. The molecule has 0 saturated heterocycles. The van der Waals surface area contributed by atoms with Crippen LogP contribution in [-0.2, 0) is 4.79 Å². The summed E-state index contributed by atoms with van der Waals surface area (Å²) >= 11 is 1.70. The van der Waals surface area contributed by atoms with Gasteiger partial charge in [0.25, 0.3) is 0 Å². The molecule has 0 fully saturated rings. The molecule has 0 aliphatic rings. The minimum Gasteiger partial charge on any atom is -0.497 e. The van der Waals surface area contributed by atoms with E-state index in [1.54, 1.807) is 18.9 Å². The third kappa shape index (κ3) is 9.19. The van der Waals surface area contributed by atoms with Crippen molar-refractivity contribution in [2.75, 3.05) is 7.11 Å². The number of aliphatic carboxylic acids is 1. The summed E-state index contributed by atoms with van der Waals surface area (Å²) in [6.45, 7) is 0. The SMILES string of the molecule is COc1cccc(S/C=C/CCCCCCCC(=O)O)c1. The lowest BCUT2D eigenvalue weighted by Crippen LogP contribution is -1.93. The van der Waals surface area contributed by atoms with Gasteiger partial charge in [0.2, 0.25) is 0 Å². The summed E-state index contributed by atoms with van der Waals surface area (Å²) in [5, 5.41) is 10.6. The lowest BCUT2D eigenvalue weighted by molar-refractivity contribution is -0.137. The largest absolute Gasteiger partial charge is 0.497 e. The van der Waals surface area contributed by atoms with Gasteiger partial charge < -0.3 is 9.84 Å². The molecular formula is C17H24O3S. The van der Waals surface area contributed by atoms with Gasteiger partial charge >= 0.3 is 5.97 Å². The molecule has 0 aliphatic carbocycles. The van der Waals surface area contributed by atoms with Crippen LogP contribution in [0.25, 0.3) is 0 Å². The fraction of sp³-hybridized carbons (Fsp3) is 0.471. The molecule has 0 atom stereocenters. The summed E-state index contributed by atoms with van der Waals surface area (Å²) in [7, 11) is 1.68. The third-order valence-corrected chi connectivity index (χ3v) is 3.96. The Morgan fingerprint density at radius 3 is 2.76 bits per heavy atom. The maximum atomic E-state index is 10.3. The lowest BCUT2D eigenvalue weighted by Gasteiger charge is -2.01. The molecule has 0 unspecified atom stereocenters. The van der Waals surface area contributed by atoms with Crippen LogP contribution in [0.1, 0.15) is 44.9 Å². The van der Waals surface area contributed by atoms with Crippen LogP contribution in [0.15, 0.2) is 40.6 Å². The van der Waals surface area contributed by atoms with E-state index in [-0.39, 0.29) is 0 Å². The van der Waals surface area contributed by atoms with Crippen LogP contribution in [0.4, 0.5) is 0 Å². The highest BCUT2D eigenvalue weighted by Gasteiger charge is 1.96. The van der Waals surface area contributed by atoms with Gasteiger partial charge in [0.1, 0.15) is 5.75 Å². The molecule has 0 aromatic heterocycles. The topological polar surface area (TPSA) is 46.5 Å². The zero-order valence-electron chi connectivity index (χ0n) is 12.6. The van der Waals surface area contributed by atoms with Gasteiger partial charge in [-0.1, -0.05) is 43.2 Å². The van der Waals surface area contributed by atoms with Gasteiger partial charge in [0.15, 0.2) is 0 Å². The van der Waals surface area contributed by atoms with Crippen LogP contribution >= 0.6 is 11.8 Å². The van der Waals surface area contributed by atoms with Crippen LogP contribution in [-0.4, -0.2) is 18.2 Å². The standard InChI is InChI=1S/C17H24O3S/c1-20-15-10-9-11-16(14-15)21-13-8-6-4-2-3-5-7-12-17(18)19/h8-11,13-14H,2-7,12H2,1H3,(H,18,19)/b13-8+. The quantitative estimate of drug-likeness (QED) is 0.455. The molecule has 0 heterocycles. The Morgan fingerprint density at radius 1 is 1.24 bits per heavy atom. The average molecular weight is 308 g/mol. The van der Waals surface area contributed by atoms with E-state index in [1.165, 1.54) is 17.7 Å². The van der Waals surface area contributed by atoms with Crippen molar-refractivity contribution in [1.29, 1.82) is 0 Å². The van der Waals surface area contributed by atoms with E-state index in [4.69, 9.17) is 9.84 Å². The lowest BCUT2D eigenvalue weighted by atomic mass is 10.1. The molecule has 0 bridgehead atoms. The first-order valence-corrected chi connectivity index (χ1v) is 8.28. The maximum Gasteiger partial charge on any atom is 0.303 e. The number of hydrogen-bond donors (Lipinski definition) is 1. The number of carbonyl (C=O) groups is 1. The fourth-order valence-corrected chi connectivity index (χ4v) is 2.67. The van der Waals surface area contributed by atoms with Crippen molar-refractivity contribution >= 4 is 17.7 Å². The molecule has 0 saturated carbocycles. The molecule has 1 aromatic carbocycles. The molecule has 4 heteroatoms. The maximum absolute atomic E-state index is 10.3. The Bertz CT molecular complexity index is 443. The molecule has 0 amide bonds. The van der Waals surface area contributed by atoms with Gasteiger partial charge in [-0.25, -0.2) is 0 Å². The summed E-state index contributed by atoms with van der Waals surface area (Å²) in [6, 6.07) is 8.03. The van der Waals surface area contributed by atoms with Crippen molar-refractivity contribution in [3.05, 3.63) is 35.7 Å². The van der Waals surface area contributed by atoms with Gasteiger partial charge in [0.05, 0.1) is 7.11 Å². The number of unbranched alkanes of at least 4 members (excludes halogenated alkanes) is 5. The predicted molar refractivity (Wildman–Crippen MR) is 87.9 cm³/mol. The number of methoxy groups -OCH3 is 1. The molecular weight excluding hydrogens is 284 g/mol. The second-order valence-corrected chi connectivity index (χ2v) is 5.85. The van der Waals surface area contributed by atoms with E-state index in [1.807, 2.05) is 18.2 Å². The zero-order valence-corrected chi connectivity index (χ0v) is 13.4. The molecule has 21 heavy (non-hydrogen) atoms. The normalized spacial score (nSPS) is 10.9. The molecule has 1 N–H and O–H groups in total. The zero-order chi connectivity index (χ0) is 15.3. The Hall–Kier alpha value is -1.42. The number of hydrogen-bond acceptors (Lipinski definition) is 3. The van der Waals surface area contributed by atoms with E-state index >= 15 is 0 Å². The minimum atomic E-state index is -0.687. The van der Waals surface area contributed by atoms with E-state index in [0.29, 0.717) is 6.42 Å². The highest BCUT2D eigenvalue weighted by atomic mass is 32.2. The first kappa shape index (κ1) is 17.6. The van der Waals surface area contributed by atoms with Gasteiger partial charge in [-0.05, 0) is 42.9 Å². The molecule has 0 radical (unpaired) electrons. The number of thioether (sulfide) groups is 1. The van der Waals surface area contributed by atoms with Crippen molar-refractivity contribution in [2.24, 2.45) is 0 Å². The summed E-state index contributed by atoms with van der Waals surface area (Å²) in [4.78, 5) is 11.5. The van der Waals surface area contributed by atoms with Crippen LogP contribution < -0.4 is 4.74 Å². The van der Waals surface area contributed by atoms with Crippen LogP contribution in [0, 0.1) is 0 Å². The summed E-state index contributed by atoms with van der Waals surface area (Å²) in [6.07, 6.45) is 8.87. The highest BCUT2D eigenvalue weighted by Crippen LogP contribution is 2.23. The molecule has 3 nitrogen and oxygen atoms in total. The molecule has 116 valence electrons. The van der Waals surface area contributed by atoms with Crippen molar-refractivity contribution in [2.45, 2.75) is 49.8 Å². The number of rotatable bonds is 11. The Kier molecular flexibility index (Phi) is 9.46. The Labute approximate surface area is 131 Å². The predicted octanol–water partition coefficient (Wildman–Crippen LogP) is 5.12. The molecule has 1 aromatic rings. The van der Waals surface area contributed by atoms with Gasteiger partial charge in [-0.15, -0.1) is 0 Å². The number of carboxylic acids is 1. The van der Waals surface area contributed by atoms with Gasteiger partial charge in [-0.2, -0.15) is 0 Å². The second-order valence-electron chi connectivity index (χ2n) is 4.87. The van der Waals surface area contributed by atoms with Crippen molar-refractivity contribution in [1.82, 2.24) is 0 Å².